The van der Waals surface area contributed by atoms with Crippen molar-refractivity contribution >= 4 is 41.5 Å². The number of nitrogens with one attached hydrogen (secondary N) is 2. The summed E-state index contributed by atoms with van der Waals surface area (Å²) in [5, 5.41) is 7.01. The molecular formula is C23H36IN5O2. The summed E-state index contributed by atoms with van der Waals surface area (Å²) in [5.74, 6) is 1.69. The summed E-state index contributed by atoms with van der Waals surface area (Å²) in [6.07, 6.45) is 7.50. The van der Waals surface area contributed by atoms with Gasteiger partial charge in [0.15, 0.2) is 12.6 Å². The van der Waals surface area contributed by atoms with Gasteiger partial charge in [0.25, 0.3) is 5.91 Å². The minimum atomic E-state index is 0. The third kappa shape index (κ3) is 6.25. The normalized spacial score (nSPS) is 22.1. The quantitative estimate of drug-likeness (QED) is 0.241. The number of ether oxygens (including phenoxy) is 1. The Balaban J connectivity index is 0.00000272. The second-order valence-electron chi connectivity index (χ2n) is 8.48. The topological polar surface area (TPSA) is 69.2 Å². The summed E-state index contributed by atoms with van der Waals surface area (Å²) in [7, 11) is 0. The van der Waals surface area contributed by atoms with Gasteiger partial charge < -0.3 is 20.3 Å². The molecule has 0 radical (unpaired) electrons. The van der Waals surface area contributed by atoms with Gasteiger partial charge in [0.2, 0.25) is 0 Å². The fourth-order valence-electron chi connectivity index (χ4n) is 4.84. The third-order valence-electron chi connectivity index (χ3n) is 6.36. The number of halogens is 1. The van der Waals surface area contributed by atoms with Crippen LogP contribution in [0.25, 0.3) is 0 Å². The van der Waals surface area contributed by atoms with Crippen LogP contribution in [0.4, 0.5) is 5.69 Å². The van der Waals surface area contributed by atoms with Crippen molar-refractivity contribution in [2.75, 3.05) is 44.2 Å². The molecular weight excluding hydrogens is 505 g/mol. The van der Waals surface area contributed by atoms with Crippen molar-refractivity contribution in [3.05, 3.63) is 24.3 Å². The number of hydrogen-bond donors (Lipinski definition) is 2. The average Bonchev–Trinajstić information content (AvgIpc) is 3.44. The second-order valence-corrected chi connectivity index (χ2v) is 8.48. The average molecular weight is 541 g/mol. The monoisotopic (exact) mass is 541 g/mol. The molecule has 1 aromatic rings. The number of likely N-dealkylation sites (tertiary alicyclic amines) is 1. The van der Waals surface area contributed by atoms with E-state index in [9.17, 15) is 4.79 Å². The first-order chi connectivity index (χ1) is 14.7. The van der Waals surface area contributed by atoms with Crippen molar-refractivity contribution in [2.24, 2.45) is 4.99 Å². The highest BCUT2D eigenvalue weighted by atomic mass is 127. The van der Waals surface area contributed by atoms with E-state index in [-0.39, 0.29) is 36.5 Å². The molecule has 2 aliphatic heterocycles. The van der Waals surface area contributed by atoms with Crippen molar-refractivity contribution in [1.82, 2.24) is 15.5 Å². The fraction of sp³-hybridized carbons (Fsp3) is 0.652. The highest BCUT2D eigenvalue weighted by molar-refractivity contribution is 14.0. The molecule has 1 saturated carbocycles. The first kappa shape index (κ1) is 24.1. The van der Waals surface area contributed by atoms with Gasteiger partial charge in [-0.3, -0.25) is 14.7 Å². The Kier molecular flexibility index (Phi) is 9.25. The minimum absolute atomic E-state index is 0. The number of para-hydroxylation sites is 2. The molecule has 7 nitrogen and oxygen atoms in total. The SMILES string of the molecule is CCNC(=NCCCN1C(=O)COc2ccccc21)NC1CCN(C2CCCC2)C1.I. The van der Waals surface area contributed by atoms with Gasteiger partial charge in [0.1, 0.15) is 5.75 Å². The maximum Gasteiger partial charge on any atom is 0.265 e. The van der Waals surface area contributed by atoms with E-state index in [1.54, 1.807) is 0 Å². The van der Waals surface area contributed by atoms with E-state index >= 15 is 0 Å². The molecule has 0 aromatic heterocycles. The van der Waals surface area contributed by atoms with Gasteiger partial charge in [-0.15, -0.1) is 24.0 Å². The maximum absolute atomic E-state index is 12.3. The number of fused-ring (bicyclic) bond motifs is 1. The first-order valence-corrected chi connectivity index (χ1v) is 11.6. The van der Waals surface area contributed by atoms with E-state index in [1.165, 1.54) is 38.6 Å². The summed E-state index contributed by atoms with van der Waals surface area (Å²) in [6, 6.07) is 8.99. The summed E-state index contributed by atoms with van der Waals surface area (Å²) in [6.45, 7) is 6.71. The summed E-state index contributed by atoms with van der Waals surface area (Å²) in [5.41, 5.74) is 0.862. The smallest absolute Gasteiger partial charge is 0.265 e. The van der Waals surface area contributed by atoms with Crippen LogP contribution in [0.15, 0.2) is 29.3 Å². The van der Waals surface area contributed by atoms with Crippen molar-refractivity contribution in [1.29, 1.82) is 0 Å². The van der Waals surface area contributed by atoms with Crippen LogP contribution < -0.4 is 20.3 Å². The number of hydrogen-bond acceptors (Lipinski definition) is 4. The molecule has 1 unspecified atom stereocenters. The van der Waals surface area contributed by atoms with Crippen LogP contribution in [0, 0.1) is 0 Å². The lowest BCUT2D eigenvalue weighted by Gasteiger charge is -2.29. The fourth-order valence-corrected chi connectivity index (χ4v) is 4.84. The molecule has 8 heteroatoms. The molecule has 1 aliphatic carbocycles. The molecule has 3 aliphatic rings. The lowest BCUT2D eigenvalue weighted by molar-refractivity contribution is -0.121. The Morgan fingerprint density at radius 2 is 2.03 bits per heavy atom. The molecule has 4 rings (SSSR count). The molecule has 1 saturated heterocycles. The van der Waals surface area contributed by atoms with E-state index in [0.29, 0.717) is 19.1 Å². The van der Waals surface area contributed by atoms with Crippen LogP contribution in [0.1, 0.15) is 45.4 Å². The number of carbonyl (C=O) groups excluding carboxylic acids is 1. The van der Waals surface area contributed by atoms with Crippen molar-refractivity contribution in [2.45, 2.75) is 57.5 Å². The molecule has 2 N–H and O–H groups in total. The van der Waals surface area contributed by atoms with Crippen LogP contribution in [0.2, 0.25) is 0 Å². The van der Waals surface area contributed by atoms with Crippen LogP contribution >= 0.6 is 24.0 Å². The minimum Gasteiger partial charge on any atom is -0.482 e. The van der Waals surface area contributed by atoms with Gasteiger partial charge in [-0.2, -0.15) is 0 Å². The zero-order valence-electron chi connectivity index (χ0n) is 18.5. The van der Waals surface area contributed by atoms with Crippen molar-refractivity contribution in [3.8, 4) is 5.75 Å². The predicted octanol–water partition coefficient (Wildman–Crippen LogP) is 2.99. The molecule has 1 aromatic carbocycles. The molecule has 172 valence electrons. The highest BCUT2D eigenvalue weighted by Crippen LogP contribution is 2.31. The Labute approximate surface area is 203 Å². The third-order valence-corrected chi connectivity index (χ3v) is 6.36. The molecule has 1 amide bonds. The standard InChI is InChI=1S/C23H35N5O2.HI/c1-2-24-23(26-18-12-15-27(16-18)19-8-3-4-9-19)25-13-7-14-28-20-10-5-6-11-21(20)30-17-22(28)29;/h5-6,10-11,18-19H,2-4,7-9,12-17H2,1H3,(H2,24,25,26);1H. The zero-order valence-corrected chi connectivity index (χ0v) is 20.8. The maximum atomic E-state index is 12.3. The molecule has 0 spiro atoms. The number of carbonyl (C=O) groups is 1. The Hall–Kier alpha value is -1.55. The number of benzene rings is 1. The lowest BCUT2D eigenvalue weighted by Crippen LogP contribution is -2.45. The van der Waals surface area contributed by atoms with Crippen molar-refractivity contribution < 1.29 is 9.53 Å². The highest BCUT2D eigenvalue weighted by Gasteiger charge is 2.30. The van der Waals surface area contributed by atoms with Gasteiger partial charge in [-0.05, 0) is 44.7 Å². The van der Waals surface area contributed by atoms with Crippen molar-refractivity contribution in [3.63, 3.8) is 0 Å². The Morgan fingerprint density at radius 1 is 1.23 bits per heavy atom. The molecule has 2 heterocycles. The number of rotatable bonds is 7. The lowest BCUT2D eigenvalue weighted by atomic mass is 10.2. The van der Waals surface area contributed by atoms with E-state index in [2.05, 4.69) is 22.5 Å². The van der Waals surface area contributed by atoms with Gasteiger partial charge in [0, 0.05) is 44.8 Å². The Bertz CT molecular complexity index is 753. The summed E-state index contributed by atoms with van der Waals surface area (Å²) in [4.78, 5) is 21.6. The van der Waals surface area contributed by atoms with Crippen LogP contribution in [0.3, 0.4) is 0 Å². The van der Waals surface area contributed by atoms with E-state index < -0.39 is 0 Å². The molecule has 2 fully saturated rings. The number of aliphatic imine (C=N–C) groups is 1. The van der Waals surface area contributed by atoms with Gasteiger partial charge >= 0.3 is 0 Å². The van der Waals surface area contributed by atoms with Gasteiger partial charge in [-0.1, -0.05) is 25.0 Å². The number of guanidine groups is 1. The zero-order chi connectivity index (χ0) is 20.8. The van der Waals surface area contributed by atoms with Crippen LogP contribution in [0.5, 0.6) is 5.75 Å². The number of nitrogens with zero attached hydrogens (tertiary/aromatic N) is 3. The van der Waals surface area contributed by atoms with E-state index in [0.717, 1.165) is 42.9 Å². The molecule has 1 atom stereocenters. The number of amides is 1. The summed E-state index contributed by atoms with van der Waals surface area (Å²) >= 11 is 0. The number of anilines is 1. The predicted molar refractivity (Wildman–Crippen MR) is 136 cm³/mol. The second kappa shape index (κ2) is 11.9. The van der Waals surface area contributed by atoms with Crippen LogP contribution in [-0.4, -0.2) is 68.2 Å². The molecule has 31 heavy (non-hydrogen) atoms. The van der Waals surface area contributed by atoms with Gasteiger partial charge in [-0.25, -0.2) is 0 Å². The van der Waals surface area contributed by atoms with E-state index in [4.69, 9.17) is 9.73 Å². The van der Waals surface area contributed by atoms with E-state index in [1.807, 2.05) is 29.2 Å². The first-order valence-electron chi connectivity index (χ1n) is 11.6. The molecule has 0 bridgehead atoms. The largest absolute Gasteiger partial charge is 0.482 e. The summed E-state index contributed by atoms with van der Waals surface area (Å²) < 4.78 is 5.52. The van der Waals surface area contributed by atoms with Crippen LogP contribution in [-0.2, 0) is 4.79 Å². The Morgan fingerprint density at radius 3 is 2.84 bits per heavy atom. The van der Waals surface area contributed by atoms with Gasteiger partial charge in [0.05, 0.1) is 5.69 Å².